The second kappa shape index (κ2) is 9.35. The Kier molecular flexibility index (Phi) is 9.05. The van der Waals surface area contributed by atoms with Gasteiger partial charge in [-0.1, -0.05) is 20.3 Å². The SMILES string of the molecule is CCN(CC)CC(C)NCCCCC(C)(C)C#N. The molecule has 0 aromatic heterocycles. The number of rotatable bonds is 10. The molecular weight excluding hydrogens is 222 g/mol. The third kappa shape index (κ3) is 8.49. The fraction of sp³-hybridized carbons (Fsp3) is 0.933. The van der Waals surface area contributed by atoms with Crippen LogP contribution in [0.25, 0.3) is 0 Å². The normalized spacial score (nSPS) is 13.6. The van der Waals surface area contributed by atoms with Crippen LogP contribution in [0.1, 0.15) is 53.9 Å². The first-order valence-electron chi connectivity index (χ1n) is 7.32. The summed E-state index contributed by atoms with van der Waals surface area (Å²) >= 11 is 0. The Labute approximate surface area is 114 Å². The minimum absolute atomic E-state index is 0.160. The monoisotopic (exact) mass is 253 g/mol. The molecule has 0 aliphatic rings. The van der Waals surface area contributed by atoms with Crippen molar-refractivity contribution in [3.05, 3.63) is 0 Å². The lowest BCUT2D eigenvalue weighted by Gasteiger charge is -2.23. The highest BCUT2D eigenvalue weighted by Gasteiger charge is 2.15. The molecule has 0 aromatic carbocycles. The summed E-state index contributed by atoms with van der Waals surface area (Å²) in [6, 6.07) is 2.91. The summed E-state index contributed by atoms with van der Waals surface area (Å²) in [6.45, 7) is 15.1. The number of nitriles is 1. The Hall–Kier alpha value is -0.590. The number of nitrogens with zero attached hydrogens (tertiary/aromatic N) is 2. The summed E-state index contributed by atoms with van der Waals surface area (Å²) < 4.78 is 0. The predicted octanol–water partition coefficient (Wildman–Crippen LogP) is 3.03. The Bertz CT molecular complexity index is 239. The molecule has 0 bridgehead atoms. The van der Waals surface area contributed by atoms with Crippen LogP contribution in [0, 0.1) is 16.7 Å². The molecule has 0 spiro atoms. The van der Waals surface area contributed by atoms with E-state index in [-0.39, 0.29) is 5.41 Å². The molecule has 0 heterocycles. The van der Waals surface area contributed by atoms with E-state index in [0.717, 1.165) is 45.4 Å². The lowest BCUT2D eigenvalue weighted by atomic mass is 9.89. The van der Waals surface area contributed by atoms with Crippen molar-refractivity contribution in [2.45, 2.75) is 59.9 Å². The molecule has 0 saturated carbocycles. The van der Waals surface area contributed by atoms with Crippen molar-refractivity contribution in [1.82, 2.24) is 10.2 Å². The van der Waals surface area contributed by atoms with Gasteiger partial charge in [0.05, 0.1) is 11.5 Å². The lowest BCUT2D eigenvalue weighted by molar-refractivity contribution is 0.270. The van der Waals surface area contributed by atoms with Crippen LogP contribution in [0.4, 0.5) is 0 Å². The standard InChI is InChI=1S/C15H31N3/c1-6-18(7-2)12-14(3)17-11-9-8-10-15(4,5)13-16/h14,17H,6-12H2,1-5H3. The van der Waals surface area contributed by atoms with E-state index in [0.29, 0.717) is 6.04 Å². The van der Waals surface area contributed by atoms with Gasteiger partial charge in [-0.15, -0.1) is 0 Å². The zero-order valence-corrected chi connectivity index (χ0v) is 12.9. The van der Waals surface area contributed by atoms with Gasteiger partial charge in [0.15, 0.2) is 0 Å². The van der Waals surface area contributed by atoms with Crippen molar-refractivity contribution in [3.8, 4) is 6.07 Å². The summed E-state index contributed by atoms with van der Waals surface area (Å²) in [7, 11) is 0. The molecule has 3 heteroatoms. The van der Waals surface area contributed by atoms with Crippen LogP contribution >= 0.6 is 0 Å². The van der Waals surface area contributed by atoms with E-state index in [1.54, 1.807) is 0 Å². The number of hydrogen-bond acceptors (Lipinski definition) is 3. The van der Waals surface area contributed by atoms with Crippen molar-refractivity contribution >= 4 is 0 Å². The maximum absolute atomic E-state index is 8.92. The summed E-state index contributed by atoms with van der Waals surface area (Å²) in [5.74, 6) is 0. The highest BCUT2D eigenvalue weighted by Crippen LogP contribution is 2.21. The van der Waals surface area contributed by atoms with Crippen molar-refractivity contribution in [3.63, 3.8) is 0 Å². The topological polar surface area (TPSA) is 39.1 Å². The molecule has 1 atom stereocenters. The first-order chi connectivity index (χ1) is 8.45. The molecule has 0 rings (SSSR count). The molecule has 0 amide bonds. The highest BCUT2D eigenvalue weighted by molar-refractivity contribution is 4.91. The van der Waals surface area contributed by atoms with E-state index in [2.05, 4.69) is 37.1 Å². The van der Waals surface area contributed by atoms with Gasteiger partial charge < -0.3 is 10.2 Å². The van der Waals surface area contributed by atoms with E-state index in [1.807, 2.05) is 13.8 Å². The summed E-state index contributed by atoms with van der Waals surface area (Å²) in [4.78, 5) is 2.44. The number of nitrogens with one attached hydrogen (secondary N) is 1. The van der Waals surface area contributed by atoms with E-state index in [4.69, 9.17) is 5.26 Å². The highest BCUT2D eigenvalue weighted by atomic mass is 15.1. The Morgan fingerprint density at radius 2 is 1.83 bits per heavy atom. The van der Waals surface area contributed by atoms with E-state index < -0.39 is 0 Å². The molecule has 0 saturated heterocycles. The van der Waals surface area contributed by atoms with Crippen LogP contribution in [0.5, 0.6) is 0 Å². The molecule has 18 heavy (non-hydrogen) atoms. The van der Waals surface area contributed by atoms with Crippen molar-refractivity contribution < 1.29 is 0 Å². The molecule has 1 N–H and O–H groups in total. The minimum atomic E-state index is -0.160. The molecule has 3 nitrogen and oxygen atoms in total. The second-order valence-electron chi connectivity index (χ2n) is 5.79. The van der Waals surface area contributed by atoms with Gasteiger partial charge in [-0.05, 0) is 53.2 Å². The number of unbranched alkanes of at least 4 members (excludes halogenated alkanes) is 1. The quantitative estimate of drug-likeness (QED) is 0.608. The summed E-state index contributed by atoms with van der Waals surface area (Å²) in [6.07, 6.45) is 3.29. The Balaban J connectivity index is 3.58. The third-order valence-electron chi connectivity index (χ3n) is 3.45. The fourth-order valence-corrected chi connectivity index (χ4v) is 2.03. The van der Waals surface area contributed by atoms with Gasteiger partial charge in [0.25, 0.3) is 0 Å². The molecular formula is C15H31N3. The predicted molar refractivity (Wildman–Crippen MR) is 78.5 cm³/mol. The molecule has 0 aliphatic carbocycles. The van der Waals surface area contributed by atoms with Crippen LogP contribution in [-0.4, -0.2) is 37.1 Å². The Morgan fingerprint density at radius 3 is 2.33 bits per heavy atom. The maximum atomic E-state index is 8.92. The minimum Gasteiger partial charge on any atom is -0.313 e. The van der Waals surface area contributed by atoms with Crippen molar-refractivity contribution in [1.29, 1.82) is 5.26 Å². The van der Waals surface area contributed by atoms with Crippen LogP contribution in [-0.2, 0) is 0 Å². The van der Waals surface area contributed by atoms with Crippen LogP contribution < -0.4 is 5.32 Å². The van der Waals surface area contributed by atoms with Gasteiger partial charge in [-0.25, -0.2) is 0 Å². The molecule has 0 fully saturated rings. The number of likely N-dealkylation sites (N-methyl/N-ethyl adjacent to an activating group) is 1. The van der Waals surface area contributed by atoms with E-state index in [1.165, 1.54) is 0 Å². The van der Waals surface area contributed by atoms with Gasteiger partial charge in [-0.3, -0.25) is 0 Å². The Morgan fingerprint density at radius 1 is 1.22 bits per heavy atom. The molecule has 106 valence electrons. The average molecular weight is 253 g/mol. The van der Waals surface area contributed by atoms with E-state index in [9.17, 15) is 0 Å². The van der Waals surface area contributed by atoms with Gasteiger partial charge in [-0.2, -0.15) is 5.26 Å². The average Bonchev–Trinajstić information content (AvgIpc) is 2.35. The largest absolute Gasteiger partial charge is 0.313 e. The van der Waals surface area contributed by atoms with Crippen molar-refractivity contribution in [2.24, 2.45) is 5.41 Å². The third-order valence-corrected chi connectivity index (χ3v) is 3.45. The van der Waals surface area contributed by atoms with Gasteiger partial charge in [0.2, 0.25) is 0 Å². The van der Waals surface area contributed by atoms with Gasteiger partial charge in [0.1, 0.15) is 0 Å². The molecule has 0 aliphatic heterocycles. The fourth-order valence-electron chi connectivity index (χ4n) is 2.03. The van der Waals surface area contributed by atoms with Gasteiger partial charge in [0, 0.05) is 12.6 Å². The van der Waals surface area contributed by atoms with Crippen molar-refractivity contribution in [2.75, 3.05) is 26.2 Å². The van der Waals surface area contributed by atoms with Crippen LogP contribution in [0.2, 0.25) is 0 Å². The first-order valence-corrected chi connectivity index (χ1v) is 7.32. The van der Waals surface area contributed by atoms with Gasteiger partial charge >= 0.3 is 0 Å². The zero-order chi connectivity index (χ0) is 14.0. The zero-order valence-electron chi connectivity index (χ0n) is 12.9. The molecule has 0 radical (unpaired) electrons. The number of hydrogen-bond donors (Lipinski definition) is 1. The van der Waals surface area contributed by atoms with E-state index >= 15 is 0 Å². The molecule has 0 aromatic rings. The summed E-state index contributed by atoms with van der Waals surface area (Å²) in [5, 5.41) is 12.5. The smallest absolute Gasteiger partial charge is 0.0683 e. The van der Waals surface area contributed by atoms with Crippen LogP contribution in [0.3, 0.4) is 0 Å². The first kappa shape index (κ1) is 17.4. The molecule has 1 unspecified atom stereocenters. The van der Waals surface area contributed by atoms with Crippen LogP contribution in [0.15, 0.2) is 0 Å². The summed E-state index contributed by atoms with van der Waals surface area (Å²) in [5.41, 5.74) is -0.160. The lowest BCUT2D eigenvalue weighted by Crippen LogP contribution is -2.39. The maximum Gasteiger partial charge on any atom is 0.0683 e. The second-order valence-corrected chi connectivity index (χ2v) is 5.79.